The summed E-state index contributed by atoms with van der Waals surface area (Å²) in [5.41, 5.74) is 36.3. The summed E-state index contributed by atoms with van der Waals surface area (Å²) >= 11 is 1.71. The van der Waals surface area contributed by atoms with Crippen LogP contribution in [-0.2, 0) is 117 Å². The summed E-state index contributed by atoms with van der Waals surface area (Å²) in [5.74, 6) is 5.73. The quantitative estimate of drug-likeness (QED) is 0.0686. The number of hydrogen-bond donors (Lipinski definition) is 0. The number of imidazole rings is 3. The zero-order valence-corrected chi connectivity index (χ0v) is 81.4. The van der Waals surface area contributed by atoms with Crippen LogP contribution in [0.2, 0.25) is 0 Å². The molecule has 23 nitrogen and oxygen atoms in total. The van der Waals surface area contributed by atoms with Crippen molar-refractivity contribution in [3.05, 3.63) is 387 Å². The van der Waals surface area contributed by atoms with Crippen LogP contribution in [-0.4, -0.2) is 111 Å². The molecule has 0 radical (unpaired) electrons. The van der Waals surface area contributed by atoms with Gasteiger partial charge in [-0.2, -0.15) is 0 Å². The molecule has 26 rings (SSSR count). The van der Waals surface area contributed by atoms with E-state index in [9.17, 15) is 0 Å². The number of aromatic nitrogens is 20. The first-order valence-electron chi connectivity index (χ1n) is 49.8. The number of aryl methyl sites for hydroxylation is 18. The summed E-state index contributed by atoms with van der Waals surface area (Å²) in [4.78, 5) is 84.1. The van der Waals surface area contributed by atoms with Crippen molar-refractivity contribution in [2.75, 3.05) is 6.61 Å². The van der Waals surface area contributed by atoms with E-state index in [1.807, 2.05) is 232 Å². The Bertz CT molecular complexity index is 8050. The van der Waals surface area contributed by atoms with Crippen LogP contribution in [0.1, 0.15) is 160 Å². The maximum Gasteiger partial charge on any atom is 0.195 e. The van der Waals surface area contributed by atoms with Crippen LogP contribution in [0.25, 0.3) is 111 Å². The third kappa shape index (κ3) is 22.1. The first-order chi connectivity index (χ1) is 69.9. The van der Waals surface area contributed by atoms with Gasteiger partial charge in [0.05, 0.1) is 151 Å². The van der Waals surface area contributed by atoms with E-state index in [1.165, 1.54) is 108 Å². The molecule has 13 heterocycles. The third-order valence-corrected chi connectivity index (χ3v) is 28.0. The number of hydrogen-bond acceptors (Lipinski definition) is 21. The van der Waals surface area contributed by atoms with Gasteiger partial charge >= 0.3 is 0 Å². The number of benzene rings is 11. The van der Waals surface area contributed by atoms with E-state index >= 15 is 0 Å². The minimum Gasteiger partial charge on any atom is -0.491 e. The second-order valence-electron chi connectivity index (χ2n) is 36.9. The van der Waals surface area contributed by atoms with Crippen LogP contribution in [0, 0.1) is 6.92 Å². The Morgan fingerprint density at radius 2 is 0.817 bits per heavy atom. The molecule has 22 aromatic rings. The van der Waals surface area contributed by atoms with Gasteiger partial charge in [0.1, 0.15) is 34.3 Å². The lowest BCUT2D eigenvalue weighted by atomic mass is 9.87. The highest BCUT2D eigenvalue weighted by atomic mass is 32.1. The lowest BCUT2D eigenvalue weighted by Crippen LogP contribution is -2.08. The van der Waals surface area contributed by atoms with Crippen molar-refractivity contribution in [2.24, 2.45) is 26.1 Å². The maximum atomic E-state index is 5.92. The van der Waals surface area contributed by atoms with Crippen LogP contribution in [0.3, 0.4) is 0 Å². The predicted molar refractivity (Wildman–Crippen MR) is 567 cm³/mol. The molecule has 0 bridgehead atoms. The van der Waals surface area contributed by atoms with Gasteiger partial charge in [0.2, 0.25) is 0 Å². The summed E-state index contributed by atoms with van der Waals surface area (Å²) in [5, 5.41) is 3.26. The van der Waals surface area contributed by atoms with Gasteiger partial charge in [0.25, 0.3) is 0 Å². The fourth-order valence-electron chi connectivity index (χ4n) is 19.4. The number of para-hydroxylation sites is 15. The number of nitrogens with zero attached hydrogens (tertiary/aromatic N) is 21. The molecular weight excluding hydrogens is 1780 g/mol. The summed E-state index contributed by atoms with van der Waals surface area (Å²) < 4.78 is 18.2. The van der Waals surface area contributed by atoms with Crippen molar-refractivity contribution in [3.8, 4) is 17.0 Å². The third-order valence-electron chi connectivity index (χ3n) is 27.1. The number of ether oxygens (including phenoxy) is 1. The molecule has 0 unspecified atom stereocenters. The van der Waals surface area contributed by atoms with Crippen molar-refractivity contribution in [1.29, 1.82) is 0 Å². The average molecular weight is 1890 g/mol. The monoisotopic (exact) mass is 1890 g/mol. The summed E-state index contributed by atoms with van der Waals surface area (Å²) in [6.07, 6.45) is 36.6. The second kappa shape index (κ2) is 43.7. The number of thiazole rings is 1. The van der Waals surface area contributed by atoms with Gasteiger partial charge in [-0.25, -0.2) is 59.8 Å². The molecule has 0 atom stereocenters. The minimum absolute atomic E-state index is 0.666. The molecule has 1 saturated carbocycles. The molecule has 11 aromatic heterocycles. The number of aliphatic imine (C=N–C) groups is 1. The van der Waals surface area contributed by atoms with E-state index < -0.39 is 0 Å². The Labute approximate surface area is 828 Å². The highest BCUT2D eigenvalue weighted by Gasteiger charge is 2.24. The summed E-state index contributed by atoms with van der Waals surface area (Å²) in [6.45, 7) is 2.82. The summed E-state index contributed by atoms with van der Waals surface area (Å²) in [6, 6.07) is 83.3. The van der Waals surface area contributed by atoms with Gasteiger partial charge in [0, 0.05) is 119 Å². The van der Waals surface area contributed by atoms with E-state index in [0.29, 0.717) is 5.92 Å². The molecule has 0 spiro atoms. The fraction of sp³-hybridized carbons (Fsp3) is 0.254. The number of oxazole rings is 1. The molecule has 2 aliphatic carbocycles. The largest absolute Gasteiger partial charge is 0.491 e. The van der Waals surface area contributed by atoms with E-state index in [2.05, 4.69) is 146 Å². The van der Waals surface area contributed by atoms with Crippen molar-refractivity contribution in [1.82, 2.24) is 98.4 Å². The van der Waals surface area contributed by atoms with Crippen LogP contribution < -0.4 is 4.74 Å². The average Bonchev–Trinajstić information content (AvgIpc) is 1.62. The Kier molecular flexibility index (Phi) is 28.5. The number of rotatable bonds is 20. The first kappa shape index (κ1) is 92.5. The SMILES string of the molecule is Cc1nc2ccccc2nc1CCC1=Nc2ccccc2C1.Cn1c(CCc2cnc3ccccc3n2)nc2c3c(ccc21)CCCC3.Cn1c(CCc2cnc3ccccc3n2)nc2c3c(ccc21)CCCO3.Cn1cc(C2CCCCC2)nc1CCc1cnc2ccccc2n1.c1ccc(-c2csc(CCc3cnc4ccccc4n3)n2)cc1.c1ccc2nc(CCc3nc4ccccc4o3)cnc2c1. The van der Waals surface area contributed by atoms with Gasteiger partial charge in [-0.05, 0) is 229 Å². The molecule has 11 aromatic carbocycles. The standard InChI is InChI=1S/C22H22N4.C21H20N4O.C20H24N4.C19H15N3S.C19H17N3.C17H13N3O/c1-26-20-12-10-15-6-2-3-7-17(15)22(20)25-21(26)13-11-16-14-23-18-8-4-5-9-19(18)24-16;1-25-18-10-8-14-5-4-12-26-21(14)20(18)24-19(25)11-9-15-13-22-16-6-2-3-7-17(16)23-15;1-24-14-19(15-7-3-2-4-8-15)23-20(24)12-11-16-13-21-17-9-5-6-10-18(17)22-16;1-2-6-14(7-3-1)18-13-23-19(22-18)11-10-15-12-20-16-8-4-5-9-17(16)21-15;1-13-16(22-19-9-5-4-8-18(19)20-13)11-10-15-12-14-6-2-3-7-17(14)21-15;1-2-6-14-13(5-1)18-11-12(19-14)9-10-17-20-15-7-3-4-8-16(15)21-17/h4-5,8-10,12,14H,2-3,6-7,11,13H2,1H3;2-3,6-8,10,13H,4-5,9,11-12H2,1H3;5-6,9-10,13-15H,2-4,7-8,11-12H2,1H3;1-9,12-13H,10-11H2;2-9H,10-12H2,1H3;1-8,11H,9-10H2. The van der Waals surface area contributed by atoms with Crippen LogP contribution in [0.4, 0.5) is 5.69 Å². The highest BCUT2D eigenvalue weighted by molar-refractivity contribution is 7.10. The molecule has 4 aliphatic rings. The topological polar surface area (TPSA) is 269 Å². The molecular formula is C118H111N21O2S. The Morgan fingerprint density at radius 3 is 1.38 bits per heavy atom. The van der Waals surface area contributed by atoms with Crippen molar-refractivity contribution >= 4 is 122 Å². The molecule has 0 amide bonds. The van der Waals surface area contributed by atoms with Gasteiger partial charge in [0.15, 0.2) is 11.5 Å². The highest BCUT2D eigenvalue weighted by Crippen LogP contribution is 2.37. The number of fused-ring (bicyclic) bond motifs is 14. The molecule has 2 aliphatic heterocycles. The van der Waals surface area contributed by atoms with Gasteiger partial charge in [-0.3, -0.25) is 29.9 Å². The van der Waals surface area contributed by atoms with Gasteiger partial charge < -0.3 is 22.9 Å². The second-order valence-corrected chi connectivity index (χ2v) is 37.8. The van der Waals surface area contributed by atoms with Crippen LogP contribution >= 0.6 is 11.3 Å². The molecule has 142 heavy (non-hydrogen) atoms. The van der Waals surface area contributed by atoms with E-state index in [1.54, 1.807) is 11.3 Å². The maximum absolute atomic E-state index is 5.92. The fourth-order valence-corrected chi connectivity index (χ4v) is 20.2. The predicted octanol–water partition coefficient (Wildman–Crippen LogP) is 24.3. The van der Waals surface area contributed by atoms with Crippen molar-refractivity contribution in [3.63, 3.8) is 0 Å². The lowest BCUT2D eigenvalue weighted by Gasteiger charge is -2.19. The smallest absolute Gasteiger partial charge is 0.195 e. The molecule has 706 valence electrons. The minimum atomic E-state index is 0.666. The zero-order valence-electron chi connectivity index (χ0n) is 80.6. The molecule has 24 heteroatoms. The van der Waals surface area contributed by atoms with E-state index in [0.717, 1.165) is 277 Å². The molecule has 1 fully saturated rings. The van der Waals surface area contributed by atoms with Gasteiger partial charge in [-0.1, -0.05) is 165 Å². The Morgan fingerprint density at radius 1 is 0.352 bits per heavy atom. The van der Waals surface area contributed by atoms with Gasteiger partial charge in [-0.15, -0.1) is 11.3 Å². The van der Waals surface area contributed by atoms with Crippen LogP contribution in [0.15, 0.2) is 301 Å². The first-order valence-corrected chi connectivity index (χ1v) is 50.6. The Balaban J connectivity index is 0.000000101. The summed E-state index contributed by atoms with van der Waals surface area (Å²) in [7, 11) is 6.32. The van der Waals surface area contributed by atoms with E-state index in [-0.39, 0.29) is 0 Å². The van der Waals surface area contributed by atoms with Crippen molar-refractivity contribution in [2.45, 2.75) is 167 Å². The van der Waals surface area contributed by atoms with E-state index in [4.69, 9.17) is 54.0 Å². The molecule has 0 N–H and O–H groups in total. The normalized spacial score (nSPS) is 13.3. The Hall–Kier alpha value is -15.8. The van der Waals surface area contributed by atoms with Crippen molar-refractivity contribution < 1.29 is 9.15 Å². The lowest BCUT2D eigenvalue weighted by molar-refractivity contribution is 0.291. The zero-order chi connectivity index (χ0) is 95.9. The van der Waals surface area contributed by atoms with Crippen LogP contribution in [0.5, 0.6) is 5.75 Å². The molecule has 0 saturated heterocycles.